The molecule has 0 amide bonds. The molecule has 2 aromatic heterocycles. The van der Waals surface area contributed by atoms with Crippen LogP contribution in [0.15, 0.2) is 83.9 Å². The molecule has 0 aliphatic carbocycles. The average Bonchev–Trinajstić information content (AvgIpc) is 2.86. The number of halogens is 1. The van der Waals surface area contributed by atoms with Gasteiger partial charge in [-0.3, -0.25) is 14.3 Å². The number of nitrogens with two attached hydrogens (primary N) is 1. The molecule has 1 unspecified atom stereocenters. The highest BCUT2D eigenvalue weighted by Crippen LogP contribution is 2.29. The molecule has 182 valence electrons. The monoisotopic (exact) mass is 473 g/mol. The maximum atomic E-state index is 13.5. The van der Waals surface area contributed by atoms with Crippen molar-refractivity contribution < 1.29 is 4.39 Å². The van der Waals surface area contributed by atoms with E-state index >= 15 is 0 Å². The molecule has 7 heteroatoms. The molecule has 4 aromatic rings. The predicted octanol–water partition coefficient (Wildman–Crippen LogP) is 5.22. The lowest BCUT2D eigenvalue weighted by molar-refractivity contribution is 0.628. The molecule has 0 bridgehead atoms. The maximum absolute atomic E-state index is 13.5. The number of rotatable bonds is 6. The van der Waals surface area contributed by atoms with Gasteiger partial charge in [-0.2, -0.15) is 0 Å². The summed E-state index contributed by atoms with van der Waals surface area (Å²) in [4.78, 5) is 22.2. The lowest BCUT2D eigenvalue weighted by Gasteiger charge is -2.18. The van der Waals surface area contributed by atoms with E-state index in [0.29, 0.717) is 35.4 Å². The number of hydrogen-bond donors (Lipinski definition) is 2. The Morgan fingerprint density at radius 3 is 2.14 bits per heavy atom. The smallest absolute Gasteiger partial charge is 0.263 e. The fourth-order valence-electron chi connectivity index (χ4n) is 3.50. The van der Waals surface area contributed by atoms with Gasteiger partial charge in [-0.1, -0.05) is 63.2 Å². The topological polar surface area (TPSA) is 85.8 Å². The van der Waals surface area contributed by atoms with Gasteiger partial charge < -0.3 is 11.1 Å². The van der Waals surface area contributed by atoms with Gasteiger partial charge in [0.1, 0.15) is 5.82 Å². The zero-order valence-corrected chi connectivity index (χ0v) is 20.6. The summed E-state index contributed by atoms with van der Waals surface area (Å²) in [6, 6.07) is 20.0. The van der Waals surface area contributed by atoms with Crippen LogP contribution in [0.1, 0.15) is 32.3 Å². The molecule has 2 heterocycles. The van der Waals surface area contributed by atoms with Crippen molar-refractivity contribution in [3.8, 4) is 22.4 Å². The molecular formula is C28H32FN5O. The van der Waals surface area contributed by atoms with Crippen LogP contribution in [0.4, 0.5) is 10.3 Å². The number of pyridine rings is 1. The van der Waals surface area contributed by atoms with Crippen molar-refractivity contribution in [1.29, 1.82) is 0 Å². The number of aromatic nitrogens is 3. The molecule has 0 fully saturated rings. The van der Waals surface area contributed by atoms with Gasteiger partial charge in [-0.05, 0) is 47.4 Å². The van der Waals surface area contributed by atoms with Crippen molar-refractivity contribution in [3.63, 3.8) is 0 Å². The van der Waals surface area contributed by atoms with Gasteiger partial charge in [0, 0.05) is 31.5 Å². The van der Waals surface area contributed by atoms with E-state index in [1.165, 1.54) is 22.3 Å². The van der Waals surface area contributed by atoms with Crippen LogP contribution in [0.2, 0.25) is 0 Å². The molecule has 0 spiro atoms. The van der Waals surface area contributed by atoms with Crippen LogP contribution in [0.5, 0.6) is 0 Å². The number of hydrogen-bond acceptors (Lipinski definition) is 5. The summed E-state index contributed by atoms with van der Waals surface area (Å²) in [5.41, 5.74) is 8.46. The first kappa shape index (κ1) is 25.8. The molecule has 0 saturated carbocycles. The van der Waals surface area contributed by atoms with Gasteiger partial charge in [0.15, 0.2) is 0 Å². The van der Waals surface area contributed by atoms with E-state index in [1.54, 1.807) is 31.6 Å². The number of benzene rings is 2. The minimum Gasteiger partial charge on any atom is -0.355 e. The van der Waals surface area contributed by atoms with Crippen molar-refractivity contribution >= 4 is 5.95 Å². The fourth-order valence-corrected chi connectivity index (χ4v) is 3.50. The molecule has 0 saturated heterocycles. The van der Waals surface area contributed by atoms with Crippen molar-refractivity contribution in [2.45, 2.75) is 32.7 Å². The Hall–Kier alpha value is -3.84. The Morgan fingerprint density at radius 2 is 1.54 bits per heavy atom. The van der Waals surface area contributed by atoms with E-state index in [4.69, 9.17) is 10.7 Å². The molecule has 0 aliphatic heterocycles. The largest absolute Gasteiger partial charge is 0.355 e. The third kappa shape index (κ3) is 6.83. The summed E-state index contributed by atoms with van der Waals surface area (Å²) in [6.07, 6.45) is 3.32. The fraction of sp³-hybridized carbons (Fsp3) is 0.250. The normalized spacial score (nSPS) is 11.5. The highest BCUT2D eigenvalue weighted by atomic mass is 19.1. The van der Waals surface area contributed by atoms with Crippen molar-refractivity contribution in [2.75, 3.05) is 11.9 Å². The lowest BCUT2D eigenvalue weighted by Crippen LogP contribution is -2.26. The van der Waals surface area contributed by atoms with Gasteiger partial charge in [-0.15, -0.1) is 0 Å². The zero-order chi connectivity index (χ0) is 25.4. The molecular weight excluding hydrogens is 441 g/mol. The molecule has 1 atom stereocenters. The number of nitrogens with one attached hydrogen (secondary N) is 1. The van der Waals surface area contributed by atoms with E-state index in [1.807, 2.05) is 44.2 Å². The molecule has 3 N–H and O–H groups in total. The second kappa shape index (κ2) is 12.0. The van der Waals surface area contributed by atoms with E-state index in [2.05, 4.69) is 29.4 Å². The minimum absolute atomic E-state index is 0.205. The summed E-state index contributed by atoms with van der Waals surface area (Å²) in [5.74, 6) is 0.358. The Kier molecular flexibility index (Phi) is 8.86. The summed E-state index contributed by atoms with van der Waals surface area (Å²) < 4.78 is 15.0. The van der Waals surface area contributed by atoms with E-state index in [0.717, 1.165) is 5.56 Å². The minimum atomic E-state index is -0.354. The quantitative estimate of drug-likeness (QED) is 0.401. The summed E-state index contributed by atoms with van der Waals surface area (Å²) in [7, 11) is 1.69. The molecule has 0 radical (unpaired) electrons. The number of nitrogens with zero attached hydrogens (tertiary/aromatic N) is 3. The second-order valence-corrected chi connectivity index (χ2v) is 8.70. The van der Waals surface area contributed by atoms with Crippen LogP contribution in [0.3, 0.4) is 0 Å². The molecule has 0 aliphatic rings. The summed E-state index contributed by atoms with van der Waals surface area (Å²) in [6.45, 7) is 6.63. The molecule has 4 rings (SSSR count). The highest BCUT2D eigenvalue weighted by Gasteiger charge is 2.18. The van der Waals surface area contributed by atoms with Crippen LogP contribution >= 0.6 is 0 Å². The second-order valence-electron chi connectivity index (χ2n) is 8.70. The van der Waals surface area contributed by atoms with E-state index in [9.17, 15) is 9.18 Å². The Morgan fingerprint density at radius 1 is 0.943 bits per heavy atom. The third-order valence-electron chi connectivity index (χ3n) is 5.31. The van der Waals surface area contributed by atoms with Gasteiger partial charge in [0.2, 0.25) is 5.95 Å². The van der Waals surface area contributed by atoms with Crippen molar-refractivity contribution in [3.05, 3.63) is 101 Å². The molecule has 2 aromatic carbocycles. The first-order valence-corrected chi connectivity index (χ1v) is 11.6. The SMILES string of the molecule is CC(C)N.CC(CNc1nc(-c2ccncc2)c(-c2ccc(F)cc2)c(=O)n1C)c1ccccc1. The van der Waals surface area contributed by atoms with Crippen molar-refractivity contribution in [1.82, 2.24) is 14.5 Å². The van der Waals surface area contributed by atoms with E-state index in [-0.39, 0.29) is 17.3 Å². The van der Waals surface area contributed by atoms with Crippen LogP contribution in [0.25, 0.3) is 22.4 Å². The molecule has 6 nitrogen and oxygen atoms in total. The van der Waals surface area contributed by atoms with Crippen LogP contribution in [-0.2, 0) is 7.05 Å². The average molecular weight is 474 g/mol. The van der Waals surface area contributed by atoms with E-state index < -0.39 is 0 Å². The van der Waals surface area contributed by atoms with Gasteiger partial charge in [0.25, 0.3) is 5.56 Å². The Labute approximate surface area is 205 Å². The van der Waals surface area contributed by atoms with Crippen molar-refractivity contribution in [2.24, 2.45) is 12.8 Å². The van der Waals surface area contributed by atoms with Gasteiger partial charge in [-0.25, -0.2) is 9.37 Å². The van der Waals surface area contributed by atoms with Gasteiger partial charge in [0.05, 0.1) is 11.3 Å². The first-order chi connectivity index (χ1) is 16.8. The summed E-state index contributed by atoms with van der Waals surface area (Å²) >= 11 is 0. The number of anilines is 1. The third-order valence-corrected chi connectivity index (χ3v) is 5.31. The Balaban J connectivity index is 0.000000795. The highest BCUT2D eigenvalue weighted by molar-refractivity contribution is 5.80. The standard InChI is InChI=1S/C25H23FN4O.C3H9N/c1-17(18-6-4-3-5-7-18)16-28-25-29-23(20-12-14-27-15-13-20)22(24(31)30(25)2)19-8-10-21(26)11-9-19;1-3(2)4/h3-15,17H,16H2,1-2H3,(H,28,29);3H,4H2,1-2H3. The Bertz CT molecular complexity index is 1270. The lowest BCUT2D eigenvalue weighted by atomic mass is 10.0. The maximum Gasteiger partial charge on any atom is 0.263 e. The van der Waals surface area contributed by atoms with Crippen LogP contribution in [-0.4, -0.2) is 27.1 Å². The first-order valence-electron chi connectivity index (χ1n) is 11.6. The summed E-state index contributed by atoms with van der Waals surface area (Å²) in [5, 5.41) is 3.33. The van der Waals surface area contributed by atoms with Crippen LogP contribution in [0, 0.1) is 5.82 Å². The van der Waals surface area contributed by atoms with Gasteiger partial charge >= 0.3 is 0 Å². The van der Waals surface area contributed by atoms with Crippen LogP contribution < -0.4 is 16.6 Å². The predicted molar refractivity (Wildman–Crippen MR) is 141 cm³/mol. The molecule has 35 heavy (non-hydrogen) atoms. The zero-order valence-electron chi connectivity index (χ0n) is 20.6.